The maximum atomic E-state index is 12.8. The van der Waals surface area contributed by atoms with Crippen LogP contribution in [-0.4, -0.2) is 20.6 Å². The average molecular weight is 471 g/mol. The Kier molecular flexibility index (Phi) is 6.91. The number of benzene rings is 3. The van der Waals surface area contributed by atoms with E-state index in [0.717, 1.165) is 28.2 Å². The first-order chi connectivity index (χ1) is 16.8. The molecular weight excluding hydrogens is 444 g/mol. The third-order valence-corrected chi connectivity index (χ3v) is 5.83. The Hall–Kier alpha value is -4.46. The van der Waals surface area contributed by atoms with Crippen LogP contribution in [-0.2, 0) is 13.2 Å². The van der Waals surface area contributed by atoms with Crippen molar-refractivity contribution in [1.82, 2.24) is 15.1 Å². The summed E-state index contributed by atoms with van der Waals surface area (Å²) in [6.45, 7) is 6.20. The van der Waals surface area contributed by atoms with Crippen LogP contribution < -0.4 is 10.1 Å². The highest BCUT2D eigenvalue weighted by molar-refractivity contribution is 5.94. The summed E-state index contributed by atoms with van der Waals surface area (Å²) in [5.41, 5.74) is 5.73. The number of carbonyl (C=O) groups is 1. The van der Waals surface area contributed by atoms with Gasteiger partial charge in [0.2, 0.25) is 0 Å². The molecule has 0 fully saturated rings. The molecule has 1 aromatic heterocycles. The van der Waals surface area contributed by atoms with Crippen molar-refractivity contribution in [2.24, 2.45) is 0 Å². The van der Waals surface area contributed by atoms with E-state index in [1.165, 1.54) is 6.07 Å². The Labute approximate surface area is 203 Å². The van der Waals surface area contributed by atoms with Gasteiger partial charge in [0.05, 0.1) is 16.3 Å². The van der Waals surface area contributed by atoms with Crippen molar-refractivity contribution in [3.05, 3.63) is 117 Å². The average Bonchev–Trinajstić information content (AvgIpc) is 3.14. The lowest BCUT2D eigenvalue weighted by Gasteiger charge is -2.10. The standard InChI is InChI=1S/C27H26N4O4/c1-18-14-24(12-13-26(18)31(33)34)35-17-21-8-7-9-22(15-21)27(32)28-16-25-19(2)29-30(20(25)3)23-10-5-4-6-11-23/h4-15H,16-17H2,1-3H3,(H,28,32). The molecule has 3 aromatic carbocycles. The van der Waals surface area contributed by atoms with Crippen molar-refractivity contribution in [2.75, 3.05) is 0 Å². The SMILES string of the molecule is Cc1cc(OCc2cccc(C(=O)NCc3c(C)nn(-c4ccccc4)c3C)c2)ccc1[N+](=O)[O-]. The molecule has 0 spiro atoms. The van der Waals surface area contributed by atoms with Crippen molar-refractivity contribution in [3.63, 3.8) is 0 Å². The van der Waals surface area contributed by atoms with E-state index in [2.05, 4.69) is 10.4 Å². The fourth-order valence-corrected chi connectivity index (χ4v) is 3.91. The zero-order chi connectivity index (χ0) is 24.9. The molecule has 0 saturated heterocycles. The van der Waals surface area contributed by atoms with Gasteiger partial charge in [-0.1, -0.05) is 30.3 Å². The Morgan fingerprint density at radius 1 is 1.03 bits per heavy atom. The third kappa shape index (κ3) is 5.38. The third-order valence-electron chi connectivity index (χ3n) is 5.83. The maximum Gasteiger partial charge on any atom is 0.272 e. The van der Waals surface area contributed by atoms with Gasteiger partial charge in [0, 0.05) is 35.0 Å². The summed E-state index contributed by atoms with van der Waals surface area (Å²) in [6.07, 6.45) is 0. The number of hydrogen-bond acceptors (Lipinski definition) is 5. The molecule has 4 aromatic rings. The minimum atomic E-state index is -0.420. The summed E-state index contributed by atoms with van der Waals surface area (Å²) >= 11 is 0. The van der Waals surface area contributed by atoms with Gasteiger partial charge < -0.3 is 10.1 Å². The van der Waals surface area contributed by atoms with E-state index in [-0.39, 0.29) is 18.2 Å². The van der Waals surface area contributed by atoms with Crippen LogP contribution in [0.5, 0.6) is 5.75 Å². The number of carbonyl (C=O) groups excluding carboxylic acids is 1. The molecule has 35 heavy (non-hydrogen) atoms. The fourth-order valence-electron chi connectivity index (χ4n) is 3.91. The second-order valence-electron chi connectivity index (χ2n) is 8.27. The molecule has 1 heterocycles. The van der Waals surface area contributed by atoms with Gasteiger partial charge >= 0.3 is 0 Å². The highest BCUT2D eigenvalue weighted by Crippen LogP contribution is 2.24. The van der Waals surface area contributed by atoms with Gasteiger partial charge in [-0.3, -0.25) is 14.9 Å². The predicted molar refractivity (Wildman–Crippen MR) is 133 cm³/mol. The number of aryl methyl sites for hydroxylation is 2. The largest absolute Gasteiger partial charge is 0.489 e. The summed E-state index contributed by atoms with van der Waals surface area (Å²) in [7, 11) is 0. The van der Waals surface area contributed by atoms with Crippen LogP contribution in [0.25, 0.3) is 5.69 Å². The molecule has 0 bridgehead atoms. The molecule has 8 nitrogen and oxygen atoms in total. The zero-order valence-electron chi connectivity index (χ0n) is 19.8. The number of amides is 1. The number of nitro benzene ring substituents is 1. The molecule has 8 heteroatoms. The molecule has 0 radical (unpaired) electrons. The number of rotatable bonds is 8. The number of nitrogens with one attached hydrogen (secondary N) is 1. The molecule has 0 aliphatic rings. The normalized spacial score (nSPS) is 10.7. The number of nitrogens with zero attached hydrogens (tertiary/aromatic N) is 3. The van der Waals surface area contributed by atoms with Gasteiger partial charge in [0.1, 0.15) is 12.4 Å². The van der Waals surface area contributed by atoms with Crippen molar-refractivity contribution in [1.29, 1.82) is 0 Å². The first kappa shape index (κ1) is 23.7. The van der Waals surface area contributed by atoms with Gasteiger partial charge in [-0.15, -0.1) is 0 Å². The summed E-state index contributed by atoms with van der Waals surface area (Å²) in [4.78, 5) is 23.4. The molecule has 1 amide bonds. The summed E-state index contributed by atoms with van der Waals surface area (Å²) in [5.74, 6) is 0.341. The van der Waals surface area contributed by atoms with Crippen molar-refractivity contribution < 1.29 is 14.5 Å². The summed E-state index contributed by atoms with van der Waals surface area (Å²) < 4.78 is 7.67. The van der Waals surface area contributed by atoms with Crippen LogP contribution in [0.1, 0.15) is 38.4 Å². The number of aromatic nitrogens is 2. The number of hydrogen-bond donors (Lipinski definition) is 1. The van der Waals surface area contributed by atoms with E-state index in [1.807, 2.05) is 54.9 Å². The first-order valence-electron chi connectivity index (χ1n) is 11.2. The van der Waals surface area contributed by atoms with E-state index in [1.54, 1.807) is 37.3 Å². The predicted octanol–water partition coefficient (Wildman–Crippen LogP) is 5.21. The minimum Gasteiger partial charge on any atom is -0.489 e. The maximum absolute atomic E-state index is 12.8. The Balaban J connectivity index is 1.40. The monoisotopic (exact) mass is 470 g/mol. The lowest BCUT2D eigenvalue weighted by molar-refractivity contribution is -0.385. The molecule has 0 unspecified atom stereocenters. The van der Waals surface area contributed by atoms with E-state index in [4.69, 9.17) is 4.74 Å². The van der Waals surface area contributed by atoms with Crippen molar-refractivity contribution >= 4 is 11.6 Å². The van der Waals surface area contributed by atoms with E-state index in [0.29, 0.717) is 23.4 Å². The molecule has 178 valence electrons. The topological polar surface area (TPSA) is 99.3 Å². The first-order valence-corrected chi connectivity index (χ1v) is 11.2. The Morgan fingerprint density at radius 2 is 1.80 bits per heavy atom. The Morgan fingerprint density at radius 3 is 2.51 bits per heavy atom. The Bertz CT molecular complexity index is 1380. The van der Waals surface area contributed by atoms with Crippen molar-refractivity contribution in [3.8, 4) is 11.4 Å². The van der Waals surface area contributed by atoms with Crippen molar-refractivity contribution in [2.45, 2.75) is 33.9 Å². The molecule has 0 atom stereocenters. The van der Waals surface area contributed by atoms with E-state index in [9.17, 15) is 14.9 Å². The van der Waals surface area contributed by atoms with Crippen LogP contribution in [0.3, 0.4) is 0 Å². The van der Waals surface area contributed by atoms with Crippen LogP contribution in [0, 0.1) is 30.9 Å². The van der Waals surface area contributed by atoms with Crippen LogP contribution in [0.2, 0.25) is 0 Å². The second kappa shape index (κ2) is 10.2. The van der Waals surface area contributed by atoms with Gasteiger partial charge in [-0.25, -0.2) is 4.68 Å². The lowest BCUT2D eigenvalue weighted by atomic mass is 10.1. The summed E-state index contributed by atoms with van der Waals surface area (Å²) in [6, 6.07) is 21.7. The molecule has 1 N–H and O–H groups in total. The number of para-hydroxylation sites is 1. The second-order valence-corrected chi connectivity index (χ2v) is 8.27. The fraction of sp³-hybridized carbons (Fsp3) is 0.185. The molecule has 0 saturated carbocycles. The molecule has 0 aliphatic carbocycles. The zero-order valence-corrected chi connectivity index (χ0v) is 19.8. The van der Waals surface area contributed by atoms with Gasteiger partial charge in [0.25, 0.3) is 11.6 Å². The number of ether oxygens (including phenoxy) is 1. The molecule has 4 rings (SSSR count). The number of nitro groups is 1. The van der Waals surface area contributed by atoms with E-state index >= 15 is 0 Å². The highest BCUT2D eigenvalue weighted by atomic mass is 16.6. The quantitative estimate of drug-likeness (QED) is 0.281. The highest BCUT2D eigenvalue weighted by Gasteiger charge is 2.15. The lowest BCUT2D eigenvalue weighted by Crippen LogP contribution is -2.23. The van der Waals surface area contributed by atoms with Gasteiger partial charge in [-0.05, 0) is 62.7 Å². The van der Waals surface area contributed by atoms with Crippen LogP contribution in [0.4, 0.5) is 5.69 Å². The van der Waals surface area contributed by atoms with Crippen LogP contribution in [0.15, 0.2) is 72.8 Å². The molecular formula is C27H26N4O4. The minimum absolute atomic E-state index is 0.0517. The molecule has 0 aliphatic heterocycles. The van der Waals surface area contributed by atoms with Crippen LogP contribution >= 0.6 is 0 Å². The van der Waals surface area contributed by atoms with E-state index < -0.39 is 4.92 Å². The smallest absolute Gasteiger partial charge is 0.272 e. The summed E-state index contributed by atoms with van der Waals surface area (Å²) in [5, 5.41) is 18.6. The van der Waals surface area contributed by atoms with Gasteiger partial charge in [-0.2, -0.15) is 5.10 Å². The van der Waals surface area contributed by atoms with Gasteiger partial charge in [0.15, 0.2) is 0 Å².